The van der Waals surface area contributed by atoms with Crippen LogP contribution in [-0.2, 0) is 10.8 Å². The summed E-state index contributed by atoms with van der Waals surface area (Å²) in [6.45, 7) is 5.23. The number of rotatable bonds is 5. The first kappa shape index (κ1) is 15.0. The fraction of sp³-hybridized carbons (Fsp3) is 0.462. The van der Waals surface area contributed by atoms with Crippen molar-refractivity contribution in [3.05, 3.63) is 35.4 Å². The highest BCUT2D eigenvalue weighted by molar-refractivity contribution is 7.87. The van der Waals surface area contributed by atoms with E-state index in [0.717, 1.165) is 12.1 Å². The Hall–Kier alpha value is -1.10. The molecule has 3 atom stereocenters. The molecule has 0 saturated carbocycles. The molecule has 2 nitrogen and oxygen atoms in total. The molecular formula is C13H16F2O2S. The molecule has 0 aliphatic heterocycles. The van der Waals surface area contributed by atoms with Crippen LogP contribution in [0.4, 0.5) is 8.78 Å². The lowest BCUT2D eigenvalue weighted by Crippen LogP contribution is -2.28. The quantitative estimate of drug-likeness (QED) is 0.773. The molecule has 0 N–H and O–H groups in total. The van der Waals surface area contributed by atoms with Crippen LogP contribution in [0.15, 0.2) is 18.2 Å². The SMILES string of the molecule is CCC(C)S(=O)C(C)C(=O)c1ccc(F)c(F)c1. The number of carbonyl (C=O) groups is 1. The zero-order valence-corrected chi connectivity index (χ0v) is 11.4. The standard InChI is InChI=1S/C13H16F2O2S/c1-4-8(2)18(17)9(3)13(16)10-5-6-11(14)12(15)7-10/h5-9H,4H2,1-3H3. The van der Waals surface area contributed by atoms with E-state index in [9.17, 15) is 17.8 Å². The number of carbonyl (C=O) groups excluding carboxylic acids is 1. The molecule has 0 saturated heterocycles. The van der Waals surface area contributed by atoms with Crippen molar-refractivity contribution in [3.8, 4) is 0 Å². The highest BCUT2D eigenvalue weighted by atomic mass is 32.2. The Morgan fingerprint density at radius 2 is 1.89 bits per heavy atom. The van der Waals surface area contributed by atoms with Crippen molar-refractivity contribution in [1.82, 2.24) is 0 Å². The Balaban J connectivity index is 2.93. The smallest absolute Gasteiger partial charge is 0.178 e. The van der Waals surface area contributed by atoms with Gasteiger partial charge in [0.2, 0.25) is 0 Å². The molecule has 0 amide bonds. The maximum absolute atomic E-state index is 13.0. The van der Waals surface area contributed by atoms with Gasteiger partial charge in [-0.05, 0) is 31.5 Å². The third-order valence-corrected chi connectivity index (χ3v) is 4.93. The molecule has 0 bridgehead atoms. The summed E-state index contributed by atoms with van der Waals surface area (Å²) in [7, 11) is -1.32. The van der Waals surface area contributed by atoms with Crippen LogP contribution in [0.25, 0.3) is 0 Å². The zero-order valence-electron chi connectivity index (χ0n) is 10.6. The second kappa shape index (κ2) is 6.18. The van der Waals surface area contributed by atoms with Gasteiger partial charge in [0.1, 0.15) is 0 Å². The van der Waals surface area contributed by atoms with Crippen molar-refractivity contribution < 1.29 is 17.8 Å². The summed E-state index contributed by atoms with van der Waals surface area (Å²) in [5.41, 5.74) is 0.0538. The number of ketones is 1. The van der Waals surface area contributed by atoms with Gasteiger partial charge >= 0.3 is 0 Å². The molecule has 5 heteroatoms. The lowest BCUT2D eigenvalue weighted by molar-refractivity contribution is 0.0992. The molecule has 0 aromatic heterocycles. The Bertz CT molecular complexity index is 474. The summed E-state index contributed by atoms with van der Waals surface area (Å²) in [6, 6.07) is 2.97. The number of halogens is 2. The predicted molar refractivity (Wildman–Crippen MR) is 68.0 cm³/mol. The Morgan fingerprint density at radius 1 is 1.28 bits per heavy atom. The Morgan fingerprint density at radius 3 is 2.39 bits per heavy atom. The van der Waals surface area contributed by atoms with Gasteiger partial charge in [-0.25, -0.2) is 8.78 Å². The molecule has 0 fully saturated rings. The van der Waals surface area contributed by atoms with Gasteiger partial charge in [0.15, 0.2) is 17.4 Å². The molecule has 0 spiro atoms. The van der Waals surface area contributed by atoms with Crippen molar-refractivity contribution in [2.75, 3.05) is 0 Å². The second-order valence-corrected chi connectivity index (χ2v) is 6.35. The van der Waals surface area contributed by atoms with Crippen molar-refractivity contribution in [1.29, 1.82) is 0 Å². The van der Waals surface area contributed by atoms with Crippen LogP contribution in [0, 0.1) is 11.6 Å². The molecule has 0 aliphatic rings. The number of benzene rings is 1. The van der Waals surface area contributed by atoms with Gasteiger partial charge < -0.3 is 0 Å². The minimum absolute atomic E-state index is 0.0538. The van der Waals surface area contributed by atoms with Gasteiger partial charge in [0, 0.05) is 21.6 Å². The molecule has 1 aromatic rings. The van der Waals surface area contributed by atoms with Gasteiger partial charge in [-0.15, -0.1) is 0 Å². The van der Waals surface area contributed by atoms with Crippen LogP contribution in [0.5, 0.6) is 0 Å². The minimum atomic E-state index is -1.32. The van der Waals surface area contributed by atoms with Crippen molar-refractivity contribution in [2.24, 2.45) is 0 Å². The van der Waals surface area contributed by atoms with E-state index >= 15 is 0 Å². The van der Waals surface area contributed by atoms with Crippen LogP contribution in [0.1, 0.15) is 37.6 Å². The Kier molecular flexibility index (Phi) is 5.14. The van der Waals surface area contributed by atoms with E-state index in [0.29, 0.717) is 6.42 Å². The fourth-order valence-corrected chi connectivity index (χ4v) is 2.87. The van der Waals surface area contributed by atoms with E-state index < -0.39 is 33.5 Å². The molecule has 1 aromatic carbocycles. The number of hydrogen-bond acceptors (Lipinski definition) is 2. The maximum Gasteiger partial charge on any atom is 0.178 e. The van der Waals surface area contributed by atoms with Crippen LogP contribution in [0.3, 0.4) is 0 Å². The first-order valence-corrected chi connectivity index (χ1v) is 7.04. The maximum atomic E-state index is 13.0. The average Bonchev–Trinajstić information content (AvgIpc) is 2.38. The van der Waals surface area contributed by atoms with E-state index in [1.54, 1.807) is 13.8 Å². The average molecular weight is 274 g/mol. The molecule has 1 rings (SSSR count). The lowest BCUT2D eigenvalue weighted by Gasteiger charge is -2.15. The van der Waals surface area contributed by atoms with E-state index in [1.165, 1.54) is 6.07 Å². The summed E-state index contributed by atoms with van der Waals surface area (Å²) in [6.07, 6.45) is 0.696. The molecule has 0 heterocycles. The summed E-state index contributed by atoms with van der Waals surface area (Å²) < 4.78 is 37.7. The molecule has 100 valence electrons. The van der Waals surface area contributed by atoms with Gasteiger partial charge in [0.05, 0.1) is 5.25 Å². The normalized spacial score (nSPS) is 16.1. The first-order valence-electron chi connectivity index (χ1n) is 5.77. The van der Waals surface area contributed by atoms with E-state index in [4.69, 9.17) is 0 Å². The zero-order chi connectivity index (χ0) is 13.9. The summed E-state index contributed by atoms with van der Waals surface area (Å²) in [5, 5.41) is -0.820. The summed E-state index contributed by atoms with van der Waals surface area (Å²) >= 11 is 0. The minimum Gasteiger partial charge on any atom is -0.293 e. The molecule has 0 radical (unpaired) electrons. The van der Waals surface area contributed by atoms with Gasteiger partial charge in [-0.2, -0.15) is 0 Å². The van der Waals surface area contributed by atoms with Gasteiger partial charge in [-0.3, -0.25) is 9.00 Å². The van der Waals surface area contributed by atoms with Gasteiger partial charge in [0.25, 0.3) is 0 Å². The van der Waals surface area contributed by atoms with Gasteiger partial charge in [-0.1, -0.05) is 13.8 Å². The second-order valence-electron chi connectivity index (χ2n) is 4.18. The fourth-order valence-electron chi connectivity index (χ4n) is 1.50. The number of Topliss-reactive ketones (excluding diaryl/α,β-unsaturated/α-hetero) is 1. The van der Waals surface area contributed by atoms with Crippen LogP contribution in [-0.4, -0.2) is 20.5 Å². The lowest BCUT2D eigenvalue weighted by atomic mass is 10.1. The molecule has 18 heavy (non-hydrogen) atoms. The summed E-state index contributed by atoms with van der Waals surface area (Å²) in [4.78, 5) is 12.0. The van der Waals surface area contributed by atoms with Crippen LogP contribution < -0.4 is 0 Å². The van der Waals surface area contributed by atoms with Crippen LogP contribution >= 0.6 is 0 Å². The van der Waals surface area contributed by atoms with Crippen molar-refractivity contribution in [2.45, 2.75) is 37.7 Å². The molecule has 0 aliphatic carbocycles. The van der Waals surface area contributed by atoms with E-state index in [-0.39, 0.29) is 10.8 Å². The largest absolute Gasteiger partial charge is 0.293 e. The third-order valence-electron chi connectivity index (χ3n) is 2.89. The first-order chi connectivity index (χ1) is 8.38. The predicted octanol–water partition coefficient (Wildman–Crippen LogP) is 3.08. The molecular weight excluding hydrogens is 258 g/mol. The highest BCUT2D eigenvalue weighted by Crippen LogP contribution is 2.15. The Labute approximate surface area is 108 Å². The van der Waals surface area contributed by atoms with E-state index in [2.05, 4.69) is 0 Å². The van der Waals surface area contributed by atoms with E-state index in [1.807, 2.05) is 6.92 Å². The highest BCUT2D eigenvalue weighted by Gasteiger charge is 2.25. The molecule has 3 unspecified atom stereocenters. The topological polar surface area (TPSA) is 34.1 Å². The summed E-state index contributed by atoms with van der Waals surface area (Å²) in [5.74, 6) is -2.49. The monoisotopic (exact) mass is 274 g/mol. The van der Waals surface area contributed by atoms with Crippen molar-refractivity contribution >= 4 is 16.6 Å². The van der Waals surface area contributed by atoms with Crippen molar-refractivity contribution in [3.63, 3.8) is 0 Å². The third kappa shape index (κ3) is 3.22. The number of hydrogen-bond donors (Lipinski definition) is 0. The van der Waals surface area contributed by atoms with Crippen LogP contribution in [0.2, 0.25) is 0 Å².